The van der Waals surface area contributed by atoms with Crippen molar-refractivity contribution in [2.75, 3.05) is 5.75 Å². The van der Waals surface area contributed by atoms with Crippen molar-refractivity contribution in [1.29, 1.82) is 0 Å². The van der Waals surface area contributed by atoms with Gasteiger partial charge in [0.1, 0.15) is 0 Å². The molecule has 1 aromatic carbocycles. The second-order valence-corrected chi connectivity index (χ2v) is 7.38. The molecule has 0 saturated heterocycles. The van der Waals surface area contributed by atoms with Gasteiger partial charge in [-0.2, -0.15) is 4.68 Å². The van der Waals surface area contributed by atoms with Crippen molar-refractivity contribution in [3.8, 4) is 5.69 Å². The Morgan fingerprint density at radius 3 is 2.80 bits per heavy atom. The van der Waals surface area contributed by atoms with Crippen LogP contribution in [0.3, 0.4) is 0 Å². The Labute approximate surface area is 151 Å². The molecular formula is C18H21N5OS. The summed E-state index contributed by atoms with van der Waals surface area (Å²) in [7, 11) is 0. The highest BCUT2D eigenvalue weighted by Crippen LogP contribution is 2.34. The van der Waals surface area contributed by atoms with E-state index in [2.05, 4.69) is 21.6 Å². The van der Waals surface area contributed by atoms with Crippen LogP contribution in [0.4, 0.5) is 0 Å². The molecule has 0 aliphatic heterocycles. The number of hydrogen-bond donors (Lipinski definition) is 0. The van der Waals surface area contributed by atoms with Gasteiger partial charge in [0.05, 0.1) is 11.4 Å². The van der Waals surface area contributed by atoms with Crippen molar-refractivity contribution in [1.82, 2.24) is 25.1 Å². The molecule has 130 valence electrons. The molecule has 0 atom stereocenters. The number of allylic oxidation sites excluding steroid dienone is 2. The van der Waals surface area contributed by atoms with E-state index in [0.29, 0.717) is 17.0 Å². The molecule has 1 saturated carbocycles. The predicted octanol–water partition coefficient (Wildman–Crippen LogP) is 3.20. The molecule has 0 N–H and O–H groups in total. The fourth-order valence-corrected chi connectivity index (χ4v) is 3.92. The van der Waals surface area contributed by atoms with Gasteiger partial charge >= 0.3 is 0 Å². The molecule has 2 aliphatic carbocycles. The van der Waals surface area contributed by atoms with Gasteiger partial charge in [-0.3, -0.25) is 4.79 Å². The van der Waals surface area contributed by atoms with Crippen LogP contribution in [-0.4, -0.2) is 42.8 Å². The lowest BCUT2D eigenvalue weighted by Gasteiger charge is -2.27. The van der Waals surface area contributed by atoms with E-state index in [1.807, 2.05) is 35.2 Å². The highest BCUT2D eigenvalue weighted by Gasteiger charge is 2.35. The van der Waals surface area contributed by atoms with E-state index < -0.39 is 0 Å². The van der Waals surface area contributed by atoms with Crippen LogP contribution in [0, 0.1) is 0 Å². The summed E-state index contributed by atoms with van der Waals surface area (Å²) in [6.07, 6.45) is 9.02. The fraction of sp³-hybridized carbons (Fsp3) is 0.444. The second kappa shape index (κ2) is 7.39. The maximum atomic E-state index is 12.9. The minimum absolute atomic E-state index is 0.170. The topological polar surface area (TPSA) is 63.9 Å². The van der Waals surface area contributed by atoms with Crippen LogP contribution in [0.5, 0.6) is 0 Å². The van der Waals surface area contributed by atoms with E-state index in [1.54, 1.807) is 4.68 Å². The number of rotatable bonds is 6. The summed E-state index contributed by atoms with van der Waals surface area (Å²) in [5.74, 6) is 0.532. The summed E-state index contributed by atoms with van der Waals surface area (Å²) in [6.45, 7) is 0. The van der Waals surface area contributed by atoms with Gasteiger partial charge in [-0.15, -0.1) is 5.10 Å². The van der Waals surface area contributed by atoms with E-state index in [-0.39, 0.29) is 5.91 Å². The molecule has 0 bridgehead atoms. The van der Waals surface area contributed by atoms with E-state index in [4.69, 9.17) is 0 Å². The molecule has 6 nitrogen and oxygen atoms in total. The van der Waals surface area contributed by atoms with Crippen LogP contribution >= 0.6 is 11.8 Å². The first-order valence-electron chi connectivity index (χ1n) is 8.80. The maximum Gasteiger partial charge on any atom is 0.237 e. The van der Waals surface area contributed by atoms with Crippen LogP contribution in [0.25, 0.3) is 5.69 Å². The van der Waals surface area contributed by atoms with Gasteiger partial charge in [-0.25, -0.2) is 0 Å². The lowest BCUT2D eigenvalue weighted by Crippen LogP contribution is -2.34. The SMILES string of the molecule is O=C(CSc1nnnn1-c1ccccc1)N(C1=CCCCC1)C1CC1. The van der Waals surface area contributed by atoms with Gasteiger partial charge in [0.15, 0.2) is 0 Å². The average Bonchev–Trinajstić information content (AvgIpc) is 3.37. The van der Waals surface area contributed by atoms with Gasteiger partial charge in [-0.05, 0) is 61.1 Å². The standard InChI is InChI=1S/C18H21N5OS/c24-17(22(15-11-12-15)14-7-3-1-4-8-14)13-25-18-19-20-21-23(18)16-9-5-2-6-10-16/h2,5-7,9-10,15H,1,3-4,8,11-13H2. The number of tetrazole rings is 1. The number of benzene rings is 1. The number of carbonyl (C=O) groups is 1. The molecule has 1 aromatic heterocycles. The zero-order valence-corrected chi connectivity index (χ0v) is 14.9. The Bertz CT molecular complexity index is 769. The fourth-order valence-electron chi connectivity index (χ4n) is 3.17. The van der Waals surface area contributed by atoms with Gasteiger partial charge in [0, 0.05) is 11.7 Å². The quantitative estimate of drug-likeness (QED) is 0.745. The van der Waals surface area contributed by atoms with E-state index in [9.17, 15) is 4.79 Å². The Kier molecular flexibility index (Phi) is 4.83. The zero-order chi connectivity index (χ0) is 17.1. The maximum absolute atomic E-state index is 12.9. The van der Waals surface area contributed by atoms with E-state index in [0.717, 1.165) is 31.4 Å². The minimum atomic E-state index is 0.170. The molecule has 1 fully saturated rings. The third-order valence-electron chi connectivity index (χ3n) is 4.52. The molecule has 1 amide bonds. The predicted molar refractivity (Wildman–Crippen MR) is 96.3 cm³/mol. The molecular weight excluding hydrogens is 334 g/mol. The van der Waals surface area contributed by atoms with E-state index in [1.165, 1.54) is 30.3 Å². The molecule has 7 heteroatoms. The Morgan fingerprint density at radius 2 is 2.08 bits per heavy atom. The number of carbonyl (C=O) groups excluding carboxylic acids is 1. The normalized spacial score (nSPS) is 17.2. The van der Waals surface area contributed by atoms with Crippen molar-refractivity contribution in [2.24, 2.45) is 0 Å². The van der Waals surface area contributed by atoms with Crippen molar-refractivity contribution in [3.63, 3.8) is 0 Å². The van der Waals surface area contributed by atoms with Gasteiger partial charge < -0.3 is 4.90 Å². The molecule has 0 unspecified atom stereocenters. The van der Waals surface area contributed by atoms with Crippen molar-refractivity contribution in [2.45, 2.75) is 49.7 Å². The average molecular weight is 355 g/mol. The van der Waals surface area contributed by atoms with Crippen molar-refractivity contribution < 1.29 is 4.79 Å². The smallest absolute Gasteiger partial charge is 0.237 e. The molecule has 2 aromatic rings. The number of amides is 1. The Balaban J connectivity index is 1.45. The number of para-hydroxylation sites is 1. The molecule has 0 radical (unpaired) electrons. The first-order chi connectivity index (χ1) is 12.3. The third-order valence-corrected chi connectivity index (χ3v) is 5.43. The summed E-state index contributed by atoms with van der Waals surface area (Å²) in [4.78, 5) is 14.9. The third kappa shape index (κ3) is 3.76. The molecule has 0 spiro atoms. The first kappa shape index (κ1) is 16.3. The molecule has 25 heavy (non-hydrogen) atoms. The van der Waals surface area contributed by atoms with Crippen LogP contribution in [-0.2, 0) is 4.79 Å². The summed E-state index contributed by atoms with van der Waals surface area (Å²) < 4.78 is 1.68. The van der Waals surface area contributed by atoms with Crippen LogP contribution < -0.4 is 0 Å². The lowest BCUT2D eigenvalue weighted by molar-refractivity contribution is -0.127. The minimum Gasteiger partial charge on any atom is -0.313 e. The number of aromatic nitrogens is 4. The monoisotopic (exact) mass is 355 g/mol. The van der Waals surface area contributed by atoms with Crippen molar-refractivity contribution in [3.05, 3.63) is 42.1 Å². The summed E-state index contributed by atoms with van der Waals surface area (Å²) in [6, 6.07) is 10.1. The highest BCUT2D eigenvalue weighted by molar-refractivity contribution is 7.99. The number of hydrogen-bond acceptors (Lipinski definition) is 5. The van der Waals surface area contributed by atoms with Gasteiger partial charge in [-0.1, -0.05) is 36.0 Å². The highest BCUT2D eigenvalue weighted by atomic mass is 32.2. The van der Waals surface area contributed by atoms with Gasteiger partial charge in [0.2, 0.25) is 11.1 Å². The summed E-state index contributed by atoms with van der Waals surface area (Å²) >= 11 is 1.40. The van der Waals surface area contributed by atoms with Crippen LogP contribution in [0.1, 0.15) is 38.5 Å². The molecule has 2 aliphatic rings. The van der Waals surface area contributed by atoms with Crippen LogP contribution in [0.2, 0.25) is 0 Å². The van der Waals surface area contributed by atoms with Crippen molar-refractivity contribution >= 4 is 17.7 Å². The largest absolute Gasteiger partial charge is 0.313 e. The molecule has 4 rings (SSSR count). The number of nitrogens with zero attached hydrogens (tertiary/aromatic N) is 5. The second-order valence-electron chi connectivity index (χ2n) is 6.43. The first-order valence-corrected chi connectivity index (χ1v) is 9.79. The Hall–Kier alpha value is -2.15. The lowest BCUT2D eigenvalue weighted by atomic mass is 10.0. The van der Waals surface area contributed by atoms with E-state index >= 15 is 0 Å². The number of thioether (sulfide) groups is 1. The van der Waals surface area contributed by atoms with Crippen LogP contribution in [0.15, 0.2) is 47.3 Å². The molecule has 1 heterocycles. The summed E-state index contributed by atoms with van der Waals surface area (Å²) in [5.41, 5.74) is 2.12. The van der Waals surface area contributed by atoms with Gasteiger partial charge in [0.25, 0.3) is 0 Å². The zero-order valence-electron chi connectivity index (χ0n) is 14.0. The summed E-state index contributed by atoms with van der Waals surface area (Å²) in [5, 5.41) is 12.5. The Morgan fingerprint density at radius 1 is 1.24 bits per heavy atom.